The topological polar surface area (TPSA) is 4.10 Å². The van der Waals surface area contributed by atoms with Gasteiger partial charge in [-0.2, -0.15) is 4.40 Å². The van der Waals surface area contributed by atoms with Gasteiger partial charge in [-0.1, -0.05) is 25.1 Å². The van der Waals surface area contributed by atoms with E-state index in [1.54, 1.807) is 0 Å². The van der Waals surface area contributed by atoms with Gasteiger partial charge in [0.15, 0.2) is 6.20 Å². The van der Waals surface area contributed by atoms with Crippen LogP contribution in [0.5, 0.6) is 0 Å². The summed E-state index contributed by atoms with van der Waals surface area (Å²) in [7, 11) is 0. The number of hydrogen-bond donors (Lipinski definition) is 0. The maximum Gasteiger partial charge on any atom is 0.221 e. The van der Waals surface area contributed by atoms with Crippen molar-refractivity contribution in [3.63, 3.8) is 0 Å². The summed E-state index contributed by atoms with van der Waals surface area (Å²) in [4.78, 5) is 0. The van der Waals surface area contributed by atoms with Crippen LogP contribution in [0, 0.1) is 0 Å². The summed E-state index contributed by atoms with van der Waals surface area (Å²) in [5.74, 6) is 0. The Bertz CT molecular complexity index is 672. The van der Waals surface area contributed by atoms with E-state index in [1.807, 2.05) is 0 Å². The SMILES string of the molecule is CCc1ccc2cccc[n+]2c1-c1ccccc1. The molecule has 0 bridgehead atoms. The molecule has 0 N–H and O–H groups in total. The monoisotopic (exact) mass is 234 g/mol. The lowest BCUT2D eigenvalue weighted by molar-refractivity contribution is -0.500. The molecule has 0 aliphatic carbocycles. The third-order valence-corrected chi connectivity index (χ3v) is 3.32. The third-order valence-electron chi connectivity index (χ3n) is 3.32. The molecule has 1 nitrogen and oxygen atoms in total. The van der Waals surface area contributed by atoms with Crippen LogP contribution < -0.4 is 4.40 Å². The van der Waals surface area contributed by atoms with Crippen molar-refractivity contribution in [2.45, 2.75) is 13.3 Å². The molecule has 1 heteroatoms. The third kappa shape index (κ3) is 1.78. The standard InChI is InChI=1S/C17H16N/c1-2-14-11-12-16-10-6-7-13-18(16)17(14)15-8-4-3-5-9-15/h3-13H,2H2,1H3/q+1. The number of pyridine rings is 2. The second kappa shape index (κ2) is 4.61. The maximum atomic E-state index is 2.27. The van der Waals surface area contributed by atoms with Crippen molar-refractivity contribution in [2.75, 3.05) is 0 Å². The zero-order chi connectivity index (χ0) is 12.4. The van der Waals surface area contributed by atoms with Crippen molar-refractivity contribution < 1.29 is 4.40 Å². The first-order valence-electron chi connectivity index (χ1n) is 6.38. The molecule has 0 spiro atoms. The highest BCUT2D eigenvalue weighted by Gasteiger charge is 2.16. The van der Waals surface area contributed by atoms with Gasteiger partial charge in [0.1, 0.15) is 0 Å². The Kier molecular flexibility index (Phi) is 2.81. The van der Waals surface area contributed by atoms with Crippen LogP contribution in [0.25, 0.3) is 16.8 Å². The van der Waals surface area contributed by atoms with E-state index in [2.05, 4.69) is 78.2 Å². The fraction of sp³-hybridized carbons (Fsp3) is 0.118. The van der Waals surface area contributed by atoms with Gasteiger partial charge in [-0.3, -0.25) is 0 Å². The molecule has 0 unspecified atom stereocenters. The summed E-state index contributed by atoms with van der Waals surface area (Å²) in [5.41, 5.74) is 5.19. The van der Waals surface area contributed by atoms with E-state index in [1.165, 1.54) is 22.3 Å². The predicted octanol–water partition coefficient (Wildman–Crippen LogP) is 3.65. The average molecular weight is 234 g/mol. The van der Waals surface area contributed by atoms with Crippen LogP contribution in [0.3, 0.4) is 0 Å². The van der Waals surface area contributed by atoms with Crippen LogP contribution in [0.1, 0.15) is 12.5 Å². The normalized spacial score (nSPS) is 10.7. The van der Waals surface area contributed by atoms with Gasteiger partial charge in [0.2, 0.25) is 11.2 Å². The number of aryl methyl sites for hydroxylation is 1. The van der Waals surface area contributed by atoms with Gasteiger partial charge in [0, 0.05) is 29.3 Å². The van der Waals surface area contributed by atoms with Crippen molar-refractivity contribution in [1.29, 1.82) is 0 Å². The predicted molar refractivity (Wildman–Crippen MR) is 74.4 cm³/mol. The largest absolute Gasteiger partial charge is 0.221 e. The second-order valence-electron chi connectivity index (χ2n) is 4.42. The van der Waals surface area contributed by atoms with Gasteiger partial charge in [-0.15, -0.1) is 0 Å². The highest BCUT2D eigenvalue weighted by atomic mass is 14.9. The first-order chi connectivity index (χ1) is 8.90. The first-order valence-corrected chi connectivity index (χ1v) is 6.38. The number of fused-ring (bicyclic) bond motifs is 1. The fourth-order valence-corrected chi connectivity index (χ4v) is 2.42. The smallest absolute Gasteiger partial charge is 0.160 e. The Hall–Kier alpha value is -2.15. The molecule has 0 atom stereocenters. The zero-order valence-corrected chi connectivity index (χ0v) is 10.5. The zero-order valence-electron chi connectivity index (χ0n) is 10.5. The Morgan fingerprint density at radius 1 is 0.833 bits per heavy atom. The Morgan fingerprint density at radius 3 is 2.39 bits per heavy atom. The van der Waals surface area contributed by atoms with E-state index in [-0.39, 0.29) is 0 Å². The van der Waals surface area contributed by atoms with E-state index in [4.69, 9.17) is 0 Å². The van der Waals surface area contributed by atoms with Crippen molar-refractivity contribution in [3.05, 3.63) is 72.4 Å². The van der Waals surface area contributed by atoms with E-state index >= 15 is 0 Å². The molecule has 18 heavy (non-hydrogen) atoms. The molecule has 0 saturated heterocycles. The van der Waals surface area contributed by atoms with Gasteiger partial charge >= 0.3 is 0 Å². The molecule has 0 amide bonds. The summed E-state index contributed by atoms with van der Waals surface area (Å²) in [6.07, 6.45) is 3.18. The van der Waals surface area contributed by atoms with Crippen molar-refractivity contribution in [3.8, 4) is 11.3 Å². The van der Waals surface area contributed by atoms with Crippen LogP contribution in [0.2, 0.25) is 0 Å². The van der Waals surface area contributed by atoms with Gasteiger partial charge in [-0.25, -0.2) is 0 Å². The summed E-state index contributed by atoms with van der Waals surface area (Å²) in [6, 6.07) is 21.3. The van der Waals surface area contributed by atoms with Crippen LogP contribution >= 0.6 is 0 Å². The first kappa shape index (κ1) is 11.0. The summed E-state index contributed by atoms with van der Waals surface area (Å²) < 4.78 is 2.27. The van der Waals surface area contributed by atoms with Gasteiger partial charge in [-0.05, 0) is 30.7 Å². The minimum atomic E-state index is 1.04. The van der Waals surface area contributed by atoms with Crippen molar-refractivity contribution in [1.82, 2.24) is 0 Å². The lowest BCUT2D eigenvalue weighted by atomic mass is 10.0. The molecular weight excluding hydrogens is 218 g/mol. The van der Waals surface area contributed by atoms with Crippen LogP contribution in [0.15, 0.2) is 66.9 Å². The summed E-state index contributed by atoms with van der Waals surface area (Å²) >= 11 is 0. The molecule has 3 aromatic rings. The van der Waals surface area contributed by atoms with E-state index in [0.29, 0.717) is 0 Å². The molecule has 3 rings (SSSR count). The maximum absolute atomic E-state index is 2.27. The van der Waals surface area contributed by atoms with E-state index in [9.17, 15) is 0 Å². The highest BCUT2D eigenvalue weighted by Crippen LogP contribution is 2.21. The van der Waals surface area contributed by atoms with Crippen LogP contribution in [-0.4, -0.2) is 0 Å². The number of benzene rings is 1. The Labute approximate surface area is 107 Å². The molecular formula is C17H16N+. The number of rotatable bonds is 2. The average Bonchev–Trinajstić information content (AvgIpc) is 2.47. The lowest BCUT2D eigenvalue weighted by Gasteiger charge is -2.05. The Balaban J connectivity index is 2.38. The van der Waals surface area contributed by atoms with Crippen molar-refractivity contribution >= 4 is 5.52 Å². The number of aromatic nitrogens is 1. The van der Waals surface area contributed by atoms with E-state index in [0.717, 1.165) is 6.42 Å². The molecule has 0 aliphatic rings. The van der Waals surface area contributed by atoms with Crippen LogP contribution in [-0.2, 0) is 6.42 Å². The van der Waals surface area contributed by atoms with Gasteiger partial charge in [0.25, 0.3) is 0 Å². The van der Waals surface area contributed by atoms with Gasteiger partial charge in [0.05, 0.1) is 0 Å². The minimum absolute atomic E-state index is 1.04. The van der Waals surface area contributed by atoms with Crippen molar-refractivity contribution in [2.24, 2.45) is 0 Å². The van der Waals surface area contributed by atoms with Crippen LogP contribution in [0.4, 0.5) is 0 Å². The molecule has 0 aliphatic heterocycles. The highest BCUT2D eigenvalue weighted by molar-refractivity contribution is 5.62. The lowest BCUT2D eigenvalue weighted by Crippen LogP contribution is -2.25. The second-order valence-corrected chi connectivity index (χ2v) is 4.42. The number of hydrogen-bond acceptors (Lipinski definition) is 0. The molecule has 2 heterocycles. The van der Waals surface area contributed by atoms with Gasteiger partial charge < -0.3 is 0 Å². The van der Waals surface area contributed by atoms with E-state index < -0.39 is 0 Å². The molecule has 2 aromatic heterocycles. The quantitative estimate of drug-likeness (QED) is 0.596. The molecule has 0 fully saturated rings. The Morgan fingerprint density at radius 2 is 1.61 bits per heavy atom. The summed E-state index contributed by atoms with van der Waals surface area (Å²) in [5, 5.41) is 0. The number of nitrogens with zero attached hydrogens (tertiary/aromatic N) is 1. The molecule has 0 radical (unpaired) electrons. The summed E-state index contributed by atoms with van der Waals surface area (Å²) in [6.45, 7) is 2.21. The molecule has 1 aromatic carbocycles. The molecule has 88 valence electrons. The fourth-order valence-electron chi connectivity index (χ4n) is 2.42. The minimum Gasteiger partial charge on any atom is -0.160 e. The molecule has 0 saturated carbocycles.